The van der Waals surface area contributed by atoms with E-state index in [1.54, 1.807) is 24.2 Å². The lowest BCUT2D eigenvalue weighted by molar-refractivity contribution is 0.244. The summed E-state index contributed by atoms with van der Waals surface area (Å²) in [5.41, 5.74) is 2.31. The van der Waals surface area contributed by atoms with Gasteiger partial charge in [0.1, 0.15) is 0 Å². The second-order valence-corrected chi connectivity index (χ2v) is 7.33. The van der Waals surface area contributed by atoms with Gasteiger partial charge in [-0.1, -0.05) is 12.1 Å². The Bertz CT molecular complexity index is 900. The van der Waals surface area contributed by atoms with E-state index in [9.17, 15) is 0 Å². The summed E-state index contributed by atoms with van der Waals surface area (Å²) in [6.07, 6.45) is 5.65. The maximum Gasteiger partial charge on any atom is 0.199 e. The Morgan fingerprint density at radius 2 is 1.81 bits per heavy atom. The van der Waals surface area contributed by atoms with Crippen LogP contribution in [0.15, 0.2) is 53.7 Å². The van der Waals surface area contributed by atoms with Gasteiger partial charge in [-0.05, 0) is 62.3 Å². The van der Waals surface area contributed by atoms with Crippen molar-refractivity contribution in [3.05, 3.63) is 59.1 Å². The third-order valence-electron chi connectivity index (χ3n) is 4.16. The zero-order valence-corrected chi connectivity index (χ0v) is 16.9. The van der Waals surface area contributed by atoms with Gasteiger partial charge >= 0.3 is 0 Å². The lowest BCUT2D eigenvalue weighted by atomic mass is 10.2. The van der Waals surface area contributed by atoms with Crippen molar-refractivity contribution in [2.45, 2.75) is 31.6 Å². The first-order valence-corrected chi connectivity index (χ1v) is 10.1. The van der Waals surface area contributed by atoms with Crippen molar-refractivity contribution < 1.29 is 0 Å². The molecule has 0 N–H and O–H groups in total. The molecule has 2 aromatic heterocycles. The van der Waals surface area contributed by atoms with E-state index < -0.39 is 0 Å². The lowest BCUT2D eigenvalue weighted by Crippen LogP contribution is -2.22. The summed E-state index contributed by atoms with van der Waals surface area (Å²) in [7, 11) is 2.08. The van der Waals surface area contributed by atoms with Crippen LogP contribution in [0.3, 0.4) is 0 Å². The molecule has 0 fully saturated rings. The van der Waals surface area contributed by atoms with Crippen LogP contribution in [0.25, 0.3) is 11.4 Å². The van der Waals surface area contributed by atoms with Gasteiger partial charge in [-0.2, -0.15) is 5.10 Å². The molecular weight excluding hydrogens is 362 g/mol. The van der Waals surface area contributed by atoms with E-state index in [1.165, 1.54) is 10.5 Å². The molecule has 0 unspecified atom stereocenters. The molecule has 0 saturated heterocycles. The van der Waals surface area contributed by atoms with Gasteiger partial charge in [0.15, 0.2) is 10.6 Å². The van der Waals surface area contributed by atoms with Crippen LogP contribution in [0, 0.1) is 4.77 Å². The first kappa shape index (κ1) is 18.8. The van der Waals surface area contributed by atoms with Crippen LogP contribution in [0.2, 0.25) is 0 Å². The second kappa shape index (κ2) is 8.62. The van der Waals surface area contributed by atoms with Gasteiger partial charge in [0, 0.05) is 35.9 Å². The third kappa shape index (κ3) is 4.23. The molecule has 0 aliphatic carbocycles. The fourth-order valence-electron chi connectivity index (χ4n) is 2.85. The summed E-state index contributed by atoms with van der Waals surface area (Å²) in [6.45, 7) is 4.37. The van der Waals surface area contributed by atoms with Crippen molar-refractivity contribution in [2.75, 3.05) is 13.3 Å². The molecule has 0 atom stereocenters. The molecule has 0 amide bonds. The summed E-state index contributed by atoms with van der Waals surface area (Å²) in [5, 5.41) is 4.76. The Morgan fingerprint density at radius 1 is 1.12 bits per heavy atom. The molecule has 26 heavy (non-hydrogen) atoms. The predicted octanol–water partition coefficient (Wildman–Crippen LogP) is 4.31. The molecule has 1 aromatic carbocycles. The molecule has 3 aromatic rings. The minimum absolute atomic E-state index is 0.647. The van der Waals surface area contributed by atoms with E-state index in [0.717, 1.165) is 29.2 Å². The Balaban J connectivity index is 1.78. The normalized spacial score (nSPS) is 11.2. The quantitative estimate of drug-likeness (QED) is 0.448. The van der Waals surface area contributed by atoms with Crippen LogP contribution in [0.4, 0.5) is 0 Å². The van der Waals surface area contributed by atoms with Crippen molar-refractivity contribution >= 4 is 24.0 Å². The minimum Gasteiger partial charge on any atom is -0.300 e. The Hall–Kier alpha value is -1.96. The Kier molecular flexibility index (Phi) is 6.24. The summed E-state index contributed by atoms with van der Waals surface area (Å²) in [5.74, 6) is 0.887. The predicted molar refractivity (Wildman–Crippen MR) is 110 cm³/mol. The maximum atomic E-state index is 5.65. The molecule has 2 heterocycles. The molecule has 0 spiro atoms. The number of aromatic nitrogens is 4. The van der Waals surface area contributed by atoms with E-state index in [4.69, 9.17) is 17.3 Å². The van der Waals surface area contributed by atoms with Crippen molar-refractivity contribution in [3.8, 4) is 11.4 Å². The van der Waals surface area contributed by atoms with Crippen LogP contribution in [0.5, 0.6) is 0 Å². The summed E-state index contributed by atoms with van der Waals surface area (Å²) >= 11 is 7.40. The van der Waals surface area contributed by atoms with Gasteiger partial charge in [0.25, 0.3) is 0 Å². The minimum atomic E-state index is 0.647. The SMILES string of the molecule is CCn1c(-c2ccncc2)nn(CN(C)Cc2ccc(SC)cc2)c1=S. The smallest absolute Gasteiger partial charge is 0.199 e. The lowest BCUT2D eigenvalue weighted by Gasteiger charge is -2.16. The second-order valence-electron chi connectivity index (χ2n) is 6.09. The van der Waals surface area contributed by atoms with E-state index in [1.807, 2.05) is 16.8 Å². The van der Waals surface area contributed by atoms with Gasteiger partial charge < -0.3 is 4.57 Å². The molecule has 0 aliphatic rings. The number of benzene rings is 1. The molecule has 7 heteroatoms. The number of pyridine rings is 1. The zero-order chi connectivity index (χ0) is 18.5. The molecule has 5 nitrogen and oxygen atoms in total. The third-order valence-corrected chi connectivity index (χ3v) is 5.34. The van der Waals surface area contributed by atoms with E-state index in [0.29, 0.717) is 6.67 Å². The van der Waals surface area contributed by atoms with Crippen molar-refractivity contribution in [1.82, 2.24) is 24.2 Å². The van der Waals surface area contributed by atoms with E-state index >= 15 is 0 Å². The van der Waals surface area contributed by atoms with Crippen molar-refractivity contribution in [2.24, 2.45) is 0 Å². The van der Waals surface area contributed by atoms with Crippen LogP contribution < -0.4 is 0 Å². The Morgan fingerprint density at radius 3 is 2.42 bits per heavy atom. The fourth-order valence-corrected chi connectivity index (χ4v) is 3.58. The van der Waals surface area contributed by atoms with Crippen molar-refractivity contribution in [3.63, 3.8) is 0 Å². The van der Waals surface area contributed by atoms with E-state index in [-0.39, 0.29) is 0 Å². The topological polar surface area (TPSA) is 38.9 Å². The highest BCUT2D eigenvalue weighted by atomic mass is 32.2. The highest BCUT2D eigenvalue weighted by Crippen LogP contribution is 2.18. The standard InChI is InChI=1S/C19H23N5S2/c1-4-23-18(16-9-11-20-12-10-16)21-24(19(23)25)14-22(2)13-15-5-7-17(26-3)8-6-15/h5-12H,4,13-14H2,1-3H3. The number of hydrogen-bond donors (Lipinski definition) is 0. The van der Waals surface area contributed by atoms with Gasteiger partial charge in [-0.3, -0.25) is 9.88 Å². The number of nitrogens with zero attached hydrogens (tertiary/aromatic N) is 5. The average molecular weight is 386 g/mol. The van der Waals surface area contributed by atoms with Gasteiger partial charge in [-0.25, -0.2) is 4.68 Å². The van der Waals surface area contributed by atoms with Gasteiger partial charge in [0.05, 0.1) is 6.67 Å². The molecule has 136 valence electrons. The molecular formula is C19H23N5S2. The number of hydrogen-bond acceptors (Lipinski definition) is 5. The highest BCUT2D eigenvalue weighted by molar-refractivity contribution is 7.98. The largest absolute Gasteiger partial charge is 0.300 e. The summed E-state index contributed by atoms with van der Waals surface area (Å²) in [6, 6.07) is 12.6. The summed E-state index contributed by atoms with van der Waals surface area (Å²) < 4.78 is 4.69. The first-order valence-electron chi connectivity index (χ1n) is 8.52. The highest BCUT2D eigenvalue weighted by Gasteiger charge is 2.13. The monoisotopic (exact) mass is 385 g/mol. The fraction of sp³-hybridized carbons (Fsp3) is 0.316. The van der Waals surface area contributed by atoms with Crippen LogP contribution in [-0.4, -0.2) is 37.5 Å². The number of thioether (sulfide) groups is 1. The molecule has 3 rings (SSSR count). The zero-order valence-electron chi connectivity index (χ0n) is 15.3. The average Bonchev–Trinajstić information content (AvgIpc) is 2.98. The molecule has 0 radical (unpaired) electrons. The molecule has 0 aliphatic heterocycles. The van der Waals surface area contributed by atoms with Crippen LogP contribution in [-0.2, 0) is 19.8 Å². The van der Waals surface area contributed by atoms with Gasteiger partial charge in [-0.15, -0.1) is 11.8 Å². The Labute approximate surface area is 163 Å². The first-order chi connectivity index (χ1) is 12.6. The van der Waals surface area contributed by atoms with Gasteiger partial charge in [0.2, 0.25) is 0 Å². The van der Waals surface area contributed by atoms with Crippen molar-refractivity contribution in [1.29, 1.82) is 0 Å². The van der Waals surface area contributed by atoms with Crippen LogP contribution in [0.1, 0.15) is 12.5 Å². The molecule has 0 saturated carbocycles. The maximum absolute atomic E-state index is 5.65. The number of rotatable bonds is 7. The summed E-state index contributed by atoms with van der Waals surface area (Å²) in [4.78, 5) is 7.58. The van der Waals surface area contributed by atoms with Crippen LogP contribution >= 0.6 is 24.0 Å². The van der Waals surface area contributed by atoms with E-state index in [2.05, 4.69) is 58.9 Å². The molecule has 0 bridgehead atoms.